The summed E-state index contributed by atoms with van der Waals surface area (Å²) in [6.07, 6.45) is 1.72. The summed E-state index contributed by atoms with van der Waals surface area (Å²) in [6, 6.07) is 10.3. The minimum absolute atomic E-state index is 0.0238. The lowest BCUT2D eigenvalue weighted by molar-refractivity contribution is 0.0730. The maximum atomic E-state index is 13.1. The van der Waals surface area contributed by atoms with E-state index in [1.807, 2.05) is 10.6 Å². The van der Waals surface area contributed by atoms with Crippen LogP contribution < -0.4 is 0 Å². The Morgan fingerprint density at radius 1 is 1.18 bits per heavy atom. The molecule has 1 N–H and O–H groups in total. The van der Waals surface area contributed by atoms with Crippen LogP contribution in [0.2, 0.25) is 0 Å². The third-order valence-corrected chi connectivity index (χ3v) is 8.06. The molecule has 0 amide bonds. The highest BCUT2D eigenvalue weighted by Crippen LogP contribution is 2.28. The van der Waals surface area contributed by atoms with Gasteiger partial charge in [0.1, 0.15) is 0 Å². The number of thioether (sulfide) groups is 1. The molecule has 0 aliphatic carbocycles. The highest BCUT2D eigenvalue weighted by Gasteiger charge is 2.27. The highest BCUT2D eigenvalue weighted by molar-refractivity contribution is 7.99. The number of benzene rings is 1. The first-order valence-electron chi connectivity index (χ1n) is 10.8. The van der Waals surface area contributed by atoms with Crippen molar-refractivity contribution < 1.29 is 17.9 Å². The van der Waals surface area contributed by atoms with Gasteiger partial charge >= 0.3 is 0 Å². The average molecular weight is 490 g/mol. The van der Waals surface area contributed by atoms with E-state index in [0.29, 0.717) is 61.0 Å². The van der Waals surface area contributed by atoms with Crippen molar-refractivity contribution in [1.29, 1.82) is 0 Å². The summed E-state index contributed by atoms with van der Waals surface area (Å²) in [4.78, 5) is 15.5. The molecule has 1 aromatic carbocycles. The lowest BCUT2D eigenvalue weighted by Crippen LogP contribution is -2.40. The molecule has 1 saturated heterocycles. The van der Waals surface area contributed by atoms with Crippen LogP contribution >= 0.6 is 11.8 Å². The van der Waals surface area contributed by atoms with Gasteiger partial charge in [0.05, 0.1) is 29.6 Å². The van der Waals surface area contributed by atoms with Crippen molar-refractivity contribution in [2.24, 2.45) is 5.92 Å². The van der Waals surface area contributed by atoms with E-state index in [0.717, 1.165) is 0 Å². The number of nitrogens with one attached hydrogen (secondary N) is 1. The first-order valence-corrected chi connectivity index (χ1v) is 13.2. The van der Waals surface area contributed by atoms with E-state index in [1.54, 1.807) is 36.5 Å². The molecule has 176 valence electrons. The van der Waals surface area contributed by atoms with E-state index in [1.165, 1.54) is 16.1 Å². The van der Waals surface area contributed by atoms with Crippen LogP contribution in [0.3, 0.4) is 0 Å². The second-order valence-corrected chi connectivity index (χ2v) is 11.0. The van der Waals surface area contributed by atoms with E-state index in [2.05, 4.69) is 29.0 Å². The van der Waals surface area contributed by atoms with Crippen LogP contribution in [0.4, 0.5) is 0 Å². The standard InChI is InChI=1S/C22H27N5O4S2/c1-16(2)14-27-21(24-25-22(27)32-15-20(28)19-7-4-8-23-19)17-5-3-6-18(13-17)33(29,30)26-9-11-31-12-10-26/h3-8,13,16,23H,9-12,14-15H2,1-2H3. The van der Waals surface area contributed by atoms with Gasteiger partial charge in [0.15, 0.2) is 16.8 Å². The number of carbonyl (C=O) groups excluding carboxylic acids is 1. The van der Waals surface area contributed by atoms with Crippen molar-refractivity contribution in [1.82, 2.24) is 24.1 Å². The molecule has 9 nitrogen and oxygen atoms in total. The Morgan fingerprint density at radius 3 is 2.67 bits per heavy atom. The van der Waals surface area contributed by atoms with E-state index >= 15 is 0 Å². The second kappa shape index (κ2) is 10.2. The van der Waals surface area contributed by atoms with Crippen LogP contribution in [0.15, 0.2) is 52.6 Å². The fourth-order valence-corrected chi connectivity index (χ4v) is 5.87. The average Bonchev–Trinajstić information content (AvgIpc) is 3.48. The number of carbonyl (C=O) groups is 1. The van der Waals surface area contributed by atoms with Gasteiger partial charge in [0, 0.05) is 31.4 Å². The maximum absolute atomic E-state index is 13.1. The highest BCUT2D eigenvalue weighted by atomic mass is 32.2. The van der Waals surface area contributed by atoms with Crippen molar-refractivity contribution in [2.45, 2.75) is 30.4 Å². The number of Topliss-reactive ketones (excluding diaryl/α,β-unsaturated/α-hetero) is 1. The number of hydrogen-bond acceptors (Lipinski definition) is 7. The number of rotatable bonds is 9. The molecule has 4 rings (SSSR count). The molecular formula is C22H27N5O4S2. The molecule has 2 aromatic heterocycles. The predicted molar refractivity (Wildman–Crippen MR) is 126 cm³/mol. The molecule has 0 radical (unpaired) electrons. The number of ketones is 1. The Labute approximate surface area is 197 Å². The first kappa shape index (κ1) is 23.7. The molecular weight excluding hydrogens is 462 g/mol. The third kappa shape index (κ3) is 5.37. The second-order valence-electron chi connectivity index (χ2n) is 8.15. The van der Waals surface area contributed by atoms with Crippen molar-refractivity contribution in [3.8, 4) is 11.4 Å². The van der Waals surface area contributed by atoms with E-state index in [9.17, 15) is 13.2 Å². The topological polar surface area (TPSA) is 110 Å². The minimum Gasteiger partial charge on any atom is -0.379 e. The summed E-state index contributed by atoms with van der Waals surface area (Å²) in [7, 11) is -3.63. The fourth-order valence-electron chi connectivity index (χ4n) is 3.58. The zero-order valence-corrected chi connectivity index (χ0v) is 20.2. The van der Waals surface area contributed by atoms with Gasteiger partial charge in [0.2, 0.25) is 10.0 Å². The SMILES string of the molecule is CC(C)Cn1c(SCC(=O)c2ccc[nH]2)nnc1-c1cccc(S(=O)(=O)N2CCOCC2)c1. The number of aromatic nitrogens is 4. The van der Waals surface area contributed by atoms with Gasteiger partial charge in [-0.1, -0.05) is 37.7 Å². The quantitative estimate of drug-likeness (QED) is 0.363. The van der Waals surface area contributed by atoms with Gasteiger partial charge in [-0.05, 0) is 30.2 Å². The Balaban J connectivity index is 1.62. The van der Waals surface area contributed by atoms with Crippen molar-refractivity contribution in [3.63, 3.8) is 0 Å². The summed E-state index contributed by atoms with van der Waals surface area (Å²) in [5, 5.41) is 9.30. The van der Waals surface area contributed by atoms with Crippen molar-refractivity contribution in [2.75, 3.05) is 32.1 Å². The fraction of sp³-hybridized carbons (Fsp3) is 0.409. The van der Waals surface area contributed by atoms with Gasteiger partial charge in [-0.25, -0.2) is 8.42 Å². The number of aromatic amines is 1. The molecule has 1 aliphatic heterocycles. The molecule has 0 saturated carbocycles. The van der Waals surface area contributed by atoms with Crippen LogP contribution in [0.1, 0.15) is 24.3 Å². The summed E-state index contributed by atoms with van der Waals surface area (Å²) in [5.41, 5.74) is 1.22. The van der Waals surface area contributed by atoms with Gasteiger partial charge in [-0.15, -0.1) is 10.2 Å². The molecule has 3 aromatic rings. The Morgan fingerprint density at radius 2 is 1.97 bits per heavy atom. The molecule has 0 spiro atoms. The lowest BCUT2D eigenvalue weighted by Gasteiger charge is -2.26. The number of H-pyrrole nitrogens is 1. The van der Waals surface area contributed by atoms with Crippen LogP contribution in [-0.4, -0.2) is 70.3 Å². The smallest absolute Gasteiger partial charge is 0.243 e. The number of nitrogens with zero attached hydrogens (tertiary/aromatic N) is 4. The van der Waals surface area contributed by atoms with Gasteiger partial charge in [0.25, 0.3) is 0 Å². The number of sulfonamides is 1. The van der Waals surface area contributed by atoms with Gasteiger partial charge in [-0.2, -0.15) is 4.31 Å². The summed E-state index contributed by atoms with van der Waals surface area (Å²) >= 11 is 1.32. The first-order chi connectivity index (χ1) is 15.9. The third-order valence-electron chi connectivity index (χ3n) is 5.20. The normalized spacial score (nSPS) is 15.2. The minimum atomic E-state index is -3.63. The lowest BCUT2D eigenvalue weighted by atomic mass is 10.2. The molecule has 11 heteroatoms. The molecule has 33 heavy (non-hydrogen) atoms. The van der Waals surface area contributed by atoms with Gasteiger partial charge in [-0.3, -0.25) is 4.79 Å². The zero-order chi connectivity index (χ0) is 23.4. The molecule has 3 heterocycles. The Bertz CT molecular complexity index is 1200. The molecule has 0 bridgehead atoms. The Kier molecular flexibility index (Phi) is 7.32. The van der Waals surface area contributed by atoms with E-state index in [4.69, 9.17) is 4.74 Å². The largest absolute Gasteiger partial charge is 0.379 e. The van der Waals surface area contributed by atoms with Crippen LogP contribution in [0.25, 0.3) is 11.4 Å². The Hall–Kier alpha value is -2.47. The van der Waals surface area contributed by atoms with Gasteiger partial charge < -0.3 is 14.3 Å². The van der Waals surface area contributed by atoms with Crippen molar-refractivity contribution in [3.05, 3.63) is 48.3 Å². The summed E-state index contributed by atoms with van der Waals surface area (Å²) in [5.74, 6) is 1.09. The monoisotopic (exact) mass is 489 g/mol. The summed E-state index contributed by atoms with van der Waals surface area (Å²) in [6.45, 7) is 6.27. The van der Waals surface area contributed by atoms with Crippen molar-refractivity contribution >= 4 is 27.6 Å². The number of hydrogen-bond donors (Lipinski definition) is 1. The molecule has 1 fully saturated rings. The van der Waals surface area contributed by atoms with E-state index in [-0.39, 0.29) is 16.4 Å². The van der Waals surface area contributed by atoms with Crippen LogP contribution in [-0.2, 0) is 21.3 Å². The van der Waals surface area contributed by atoms with E-state index < -0.39 is 10.0 Å². The summed E-state index contributed by atoms with van der Waals surface area (Å²) < 4.78 is 34.9. The number of ether oxygens (including phenoxy) is 1. The van der Waals surface area contributed by atoms with Crippen LogP contribution in [0.5, 0.6) is 0 Å². The molecule has 1 aliphatic rings. The zero-order valence-electron chi connectivity index (χ0n) is 18.6. The maximum Gasteiger partial charge on any atom is 0.243 e. The molecule has 0 unspecified atom stereocenters. The van der Waals surface area contributed by atoms with Crippen LogP contribution in [0, 0.1) is 5.92 Å². The predicted octanol–water partition coefficient (Wildman–Crippen LogP) is 2.93. The molecule has 0 atom stereocenters. The number of morpholine rings is 1.